The highest BCUT2D eigenvalue weighted by atomic mass is 35.5. The lowest BCUT2D eigenvalue weighted by atomic mass is 9.92. The summed E-state index contributed by atoms with van der Waals surface area (Å²) < 4.78 is 5.33. The Balaban J connectivity index is 1.66. The molecule has 2 aliphatic rings. The number of carbonyl (C=O) groups is 2. The van der Waals surface area contributed by atoms with Gasteiger partial charge in [0.2, 0.25) is 0 Å². The zero-order chi connectivity index (χ0) is 20.3. The highest BCUT2D eigenvalue weighted by molar-refractivity contribution is 6.31. The van der Waals surface area contributed by atoms with Crippen LogP contribution in [-0.2, 0) is 0 Å². The van der Waals surface area contributed by atoms with Gasteiger partial charge in [-0.1, -0.05) is 18.5 Å². The highest BCUT2D eigenvalue weighted by Crippen LogP contribution is 2.33. The van der Waals surface area contributed by atoms with Crippen LogP contribution in [0.2, 0.25) is 5.02 Å². The van der Waals surface area contributed by atoms with Gasteiger partial charge in [0.1, 0.15) is 5.75 Å². The summed E-state index contributed by atoms with van der Waals surface area (Å²) in [4.78, 5) is 31.2. The Kier molecular flexibility index (Phi) is 6.35. The number of piperazine rings is 1. The van der Waals surface area contributed by atoms with Gasteiger partial charge in [0.25, 0.3) is 5.91 Å². The van der Waals surface area contributed by atoms with E-state index in [2.05, 4.69) is 17.1 Å². The van der Waals surface area contributed by atoms with E-state index in [1.165, 1.54) is 0 Å². The average molecular weight is 409 g/mol. The van der Waals surface area contributed by atoms with E-state index in [1.54, 1.807) is 32.4 Å². The molecule has 3 amide bonds. The van der Waals surface area contributed by atoms with Crippen molar-refractivity contribution in [3.63, 3.8) is 0 Å². The van der Waals surface area contributed by atoms with E-state index in [-0.39, 0.29) is 17.5 Å². The van der Waals surface area contributed by atoms with E-state index in [4.69, 9.17) is 16.3 Å². The third-order valence-electron chi connectivity index (χ3n) is 6.12. The van der Waals surface area contributed by atoms with Crippen LogP contribution in [0.5, 0.6) is 5.75 Å². The molecule has 28 heavy (non-hydrogen) atoms. The molecule has 1 aromatic carbocycles. The number of amides is 3. The van der Waals surface area contributed by atoms with E-state index in [1.807, 2.05) is 9.80 Å². The van der Waals surface area contributed by atoms with Crippen LogP contribution in [0.25, 0.3) is 0 Å². The van der Waals surface area contributed by atoms with Gasteiger partial charge in [0, 0.05) is 56.9 Å². The lowest BCUT2D eigenvalue weighted by Gasteiger charge is -2.45. The molecule has 0 saturated carbocycles. The van der Waals surface area contributed by atoms with Crippen molar-refractivity contribution >= 4 is 23.5 Å². The lowest BCUT2D eigenvalue weighted by molar-refractivity contribution is 0.0300. The monoisotopic (exact) mass is 408 g/mol. The minimum absolute atomic E-state index is 0.00457. The standard InChI is InChI=1S/C20H29ClN4O3/c1-4-20(7-8-24(14-20)19(27)22-2)25-11-9-23(10-12-25)18(26)16-13-15(21)5-6-17(16)28-3/h5-6,13H,4,7-12,14H2,1-3H3,(H,22,27)/t20-/m0/s1. The van der Waals surface area contributed by atoms with E-state index in [0.29, 0.717) is 29.4 Å². The Hall–Kier alpha value is -1.99. The molecule has 0 bridgehead atoms. The van der Waals surface area contributed by atoms with Gasteiger partial charge in [0.15, 0.2) is 0 Å². The highest BCUT2D eigenvalue weighted by Gasteiger charge is 2.44. The van der Waals surface area contributed by atoms with Crippen molar-refractivity contribution in [3.8, 4) is 5.75 Å². The fraction of sp³-hybridized carbons (Fsp3) is 0.600. The normalized spacial score (nSPS) is 23.0. The zero-order valence-corrected chi connectivity index (χ0v) is 17.6. The lowest BCUT2D eigenvalue weighted by Crippen LogP contribution is -2.59. The summed E-state index contributed by atoms with van der Waals surface area (Å²) >= 11 is 6.08. The number of halogens is 1. The number of hydrogen-bond donors (Lipinski definition) is 1. The van der Waals surface area contributed by atoms with Crippen LogP contribution in [0.4, 0.5) is 4.79 Å². The fourth-order valence-corrected chi connectivity index (χ4v) is 4.53. The molecule has 0 unspecified atom stereocenters. The minimum Gasteiger partial charge on any atom is -0.496 e. The first-order valence-corrected chi connectivity index (χ1v) is 10.2. The third kappa shape index (κ3) is 3.91. The van der Waals surface area contributed by atoms with Crippen molar-refractivity contribution in [2.75, 3.05) is 53.4 Å². The third-order valence-corrected chi connectivity index (χ3v) is 6.36. The molecule has 3 rings (SSSR count). The van der Waals surface area contributed by atoms with Crippen LogP contribution in [-0.4, -0.2) is 85.6 Å². The number of rotatable bonds is 4. The number of hydrogen-bond acceptors (Lipinski definition) is 4. The van der Waals surface area contributed by atoms with Gasteiger partial charge in [-0.25, -0.2) is 4.79 Å². The van der Waals surface area contributed by atoms with E-state index < -0.39 is 0 Å². The molecule has 2 saturated heterocycles. The Labute approximate surface area is 171 Å². The maximum atomic E-state index is 13.0. The van der Waals surface area contributed by atoms with Gasteiger partial charge in [0.05, 0.1) is 12.7 Å². The van der Waals surface area contributed by atoms with E-state index in [0.717, 1.165) is 39.0 Å². The number of nitrogens with one attached hydrogen (secondary N) is 1. The molecule has 2 aliphatic heterocycles. The van der Waals surface area contributed by atoms with Crippen molar-refractivity contribution < 1.29 is 14.3 Å². The largest absolute Gasteiger partial charge is 0.496 e. The van der Waals surface area contributed by atoms with E-state index >= 15 is 0 Å². The van der Waals surface area contributed by atoms with Crippen molar-refractivity contribution in [2.45, 2.75) is 25.3 Å². The molecule has 154 valence electrons. The Morgan fingerprint density at radius 1 is 1.18 bits per heavy atom. The zero-order valence-electron chi connectivity index (χ0n) is 16.8. The minimum atomic E-state index is -0.0528. The second-order valence-corrected chi connectivity index (χ2v) is 7.86. The molecule has 2 fully saturated rings. The second kappa shape index (κ2) is 8.57. The van der Waals surface area contributed by atoms with Crippen LogP contribution >= 0.6 is 11.6 Å². The Morgan fingerprint density at radius 2 is 1.89 bits per heavy atom. The van der Waals surface area contributed by atoms with Crippen LogP contribution in [0, 0.1) is 0 Å². The number of likely N-dealkylation sites (tertiary alicyclic amines) is 1. The van der Waals surface area contributed by atoms with Gasteiger partial charge in [-0.15, -0.1) is 0 Å². The van der Waals surface area contributed by atoms with Crippen molar-refractivity contribution in [1.29, 1.82) is 0 Å². The first-order valence-electron chi connectivity index (χ1n) is 9.78. The molecule has 1 atom stereocenters. The summed E-state index contributed by atoms with van der Waals surface area (Å²) in [6, 6.07) is 5.10. The summed E-state index contributed by atoms with van der Waals surface area (Å²) in [6.45, 7) is 6.58. The van der Waals surface area contributed by atoms with Gasteiger partial charge in [-0.3, -0.25) is 9.69 Å². The molecule has 1 aromatic rings. The van der Waals surface area contributed by atoms with Gasteiger partial charge in [-0.05, 0) is 31.0 Å². The summed E-state index contributed by atoms with van der Waals surface area (Å²) in [7, 11) is 3.23. The van der Waals surface area contributed by atoms with Crippen LogP contribution in [0.15, 0.2) is 18.2 Å². The van der Waals surface area contributed by atoms with Crippen LogP contribution in [0.1, 0.15) is 30.1 Å². The van der Waals surface area contributed by atoms with Gasteiger partial charge in [-0.2, -0.15) is 0 Å². The second-order valence-electron chi connectivity index (χ2n) is 7.43. The molecule has 0 spiro atoms. The molecule has 0 aromatic heterocycles. The molecule has 1 N–H and O–H groups in total. The summed E-state index contributed by atoms with van der Waals surface area (Å²) in [5, 5.41) is 3.24. The van der Waals surface area contributed by atoms with Crippen LogP contribution in [0.3, 0.4) is 0 Å². The number of urea groups is 1. The maximum absolute atomic E-state index is 13.0. The molecule has 2 heterocycles. The molecule has 0 radical (unpaired) electrons. The molecular formula is C20H29ClN4O3. The number of methoxy groups -OCH3 is 1. The maximum Gasteiger partial charge on any atom is 0.317 e. The van der Waals surface area contributed by atoms with E-state index in [9.17, 15) is 9.59 Å². The number of carbonyl (C=O) groups excluding carboxylic acids is 2. The first-order chi connectivity index (χ1) is 13.4. The molecule has 7 nitrogen and oxygen atoms in total. The first kappa shape index (κ1) is 20.7. The fourth-order valence-electron chi connectivity index (χ4n) is 4.36. The average Bonchev–Trinajstić information content (AvgIpc) is 3.18. The predicted octanol–water partition coefficient (Wildman–Crippen LogP) is 2.30. The number of nitrogens with zero attached hydrogens (tertiary/aromatic N) is 3. The topological polar surface area (TPSA) is 65.1 Å². The van der Waals surface area contributed by atoms with Crippen molar-refractivity contribution in [3.05, 3.63) is 28.8 Å². The molecular weight excluding hydrogens is 380 g/mol. The Bertz CT molecular complexity index is 736. The summed E-state index contributed by atoms with van der Waals surface area (Å²) in [5.41, 5.74) is 0.496. The predicted molar refractivity (Wildman–Crippen MR) is 109 cm³/mol. The van der Waals surface area contributed by atoms with Gasteiger partial charge >= 0.3 is 6.03 Å². The smallest absolute Gasteiger partial charge is 0.317 e. The van der Waals surface area contributed by atoms with Crippen LogP contribution < -0.4 is 10.1 Å². The summed E-state index contributed by atoms with van der Waals surface area (Å²) in [6.07, 6.45) is 1.95. The Morgan fingerprint density at radius 3 is 2.50 bits per heavy atom. The number of ether oxygens (including phenoxy) is 1. The molecule has 0 aliphatic carbocycles. The van der Waals surface area contributed by atoms with Crippen molar-refractivity contribution in [1.82, 2.24) is 20.0 Å². The SMILES string of the molecule is CC[C@]1(N2CCN(C(=O)c3cc(Cl)ccc3OC)CC2)CCN(C(=O)NC)C1. The van der Waals surface area contributed by atoms with Gasteiger partial charge < -0.3 is 19.9 Å². The molecule has 8 heteroatoms. The summed E-state index contributed by atoms with van der Waals surface area (Å²) in [5.74, 6) is 0.488. The number of benzene rings is 1. The quantitative estimate of drug-likeness (QED) is 0.830. The van der Waals surface area contributed by atoms with Crippen molar-refractivity contribution in [2.24, 2.45) is 0 Å².